The van der Waals surface area contributed by atoms with Crippen molar-refractivity contribution in [1.29, 1.82) is 0 Å². The quantitative estimate of drug-likeness (QED) is 0.755. The van der Waals surface area contributed by atoms with Gasteiger partial charge in [-0.05, 0) is 6.92 Å². The molecule has 1 unspecified atom stereocenters. The first-order valence-corrected chi connectivity index (χ1v) is 7.00. The topological polar surface area (TPSA) is 97.1 Å². The molecule has 0 fully saturated rings. The standard InChI is InChI=1S/C7H11F3N4O2S2/c1-4(11)5-2-17-6(13-5)14-18(15,16)12-3-7(8,9)10/h2,4,12H,3,11H2,1H3,(H,13,14). The predicted octanol–water partition coefficient (Wildman–Crippen LogP) is 0.971. The molecular formula is C7H11F3N4O2S2. The van der Waals surface area contributed by atoms with Crippen LogP contribution in [0.1, 0.15) is 18.7 Å². The van der Waals surface area contributed by atoms with Crippen molar-refractivity contribution in [2.75, 3.05) is 11.3 Å². The van der Waals surface area contributed by atoms with E-state index in [1.165, 1.54) is 10.1 Å². The molecule has 0 saturated heterocycles. The fourth-order valence-corrected chi connectivity index (χ4v) is 2.75. The van der Waals surface area contributed by atoms with Crippen LogP contribution in [0.25, 0.3) is 0 Å². The summed E-state index contributed by atoms with van der Waals surface area (Å²) in [5, 5.41) is 1.48. The first-order valence-electron chi connectivity index (χ1n) is 4.64. The van der Waals surface area contributed by atoms with Gasteiger partial charge in [-0.15, -0.1) is 11.3 Å². The van der Waals surface area contributed by atoms with Gasteiger partial charge in [-0.1, -0.05) is 0 Å². The van der Waals surface area contributed by atoms with Crippen LogP contribution >= 0.6 is 11.3 Å². The van der Waals surface area contributed by atoms with Crippen molar-refractivity contribution in [3.8, 4) is 0 Å². The Morgan fingerprint density at radius 3 is 2.61 bits per heavy atom. The second-order valence-electron chi connectivity index (χ2n) is 3.41. The molecule has 1 atom stereocenters. The van der Waals surface area contributed by atoms with Crippen molar-refractivity contribution in [1.82, 2.24) is 9.71 Å². The molecule has 0 spiro atoms. The molecule has 1 aromatic heterocycles. The molecule has 0 radical (unpaired) electrons. The number of nitrogens with one attached hydrogen (secondary N) is 2. The van der Waals surface area contributed by atoms with Crippen LogP contribution in [-0.4, -0.2) is 26.1 Å². The van der Waals surface area contributed by atoms with Gasteiger partial charge in [-0.3, -0.25) is 0 Å². The molecule has 18 heavy (non-hydrogen) atoms. The Morgan fingerprint density at radius 2 is 2.17 bits per heavy atom. The summed E-state index contributed by atoms with van der Waals surface area (Å²) < 4.78 is 61.3. The molecule has 4 N–H and O–H groups in total. The lowest BCUT2D eigenvalue weighted by Gasteiger charge is -2.09. The fraction of sp³-hybridized carbons (Fsp3) is 0.571. The van der Waals surface area contributed by atoms with Crippen molar-refractivity contribution in [3.63, 3.8) is 0 Å². The Kier molecular flexibility index (Phi) is 4.53. The number of hydrogen-bond acceptors (Lipinski definition) is 5. The van der Waals surface area contributed by atoms with Gasteiger partial charge in [0.2, 0.25) is 0 Å². The van der Waals surface area contributed by atoms with Crippen molar-refractivity contribution in [2.24, 2.45) is 5.73 Å². The third-order valence-corrected chi connectivity index (χ3v) is 3.56. The van der Waals surface area contributed by atoms with E-state index in [9.17, 15) is 21.6 Å². The molecule has 1 aromatic rings. The van der Waals surface area contributed by atoms with Crippen LogP contribution < -0.4 is 15.2 Å². The van der Waals surface area contributed by atoms with Gasteiger partial charge >= 0.3 is 16.4 Å². The molecule has 0 aliphatic carbocycles. The van der Waals surface area contributed by atoms with Crippen LogP contribution in [0.4, 0.5) is 18.3 Å². The average molecular weight is 304 g/mol. The first-order chi connectivity index (χ1) is 8.09. The van der Waals surface area contributed by atoms with Gasteiger partial charge in [0.15, 0.2) is 5.13 Å². The summed E-state index contributed by atoms with van der Waals surface area (Å²) in [5.41, 5.74) is 5.96. The fourth-order valence-electron chi connectivity index (χ4n) is 0.870. The third-order valence-electron chi connectivity index (χ3n) is 1.67. The van der Waals surface area contributed by atoms with Crippen LogP contribution in [-0.2, 0) is 10.2 Å². The lowest BCUT2D eigenvalue weighted by Crippen LogP contribution is -2.37. The lowest BCUT2D eigenvalue weighted by molar-refractivity contribution is -0.121. The highest BCUT2D eigenvalue weighted by Crippen LogP contribution is 2.20. The zero-order chi connectivity index (χ0) is 14.0. The van der Waals surface area contributed by atoms with Gasteiger partial charge < -0.3 is 5.73 Å². The maximum absolute atomic E-state index is 11.9. The lowest BCUT2D eigenvalue weighted by atomic mass is 10.3. The molecule has 0 bridgehead atoms. The zero-order valence-electron chi connectivity index (χ0n) is 9.15. The number of alkyl halides is 3. The number of aromatic nitrogens is 1. The average Bonchev–Trinajstić information content (AvgIpc) is 2.62. The van der Waals surface area contributed by atoms with Crippen LogP contribution in [0.5, 0.6) is 0 Å². The van der Waals surface area contributed by atoms with E-state index in [2.05, 4.69) is 4.98 Å². The minimum atomic E-state index is -4.62. The number of anilines is 1. The highest BCUT2D eigenvalue weighted by Gasteiger charge is 2.29. The number of rotatable bonds is 5. The van der Waals surface area contributed by atoms with Crippen molar-refractivity contribution >= 4 is 26.7 Å². The molecule has 0 aliphatic rings. The Bertz CT molecular complexity index is 497. The number of nitrogens with two attached hydrogens (primary N) is 1. The Morgan fingerprint density at radius 1 is 1.56 bits per heavy atom. The Balaban J connectivity index is 2.65. The molecule has 0 aromatic carbocycles. The van der Waals surface area contributed by atoms with E-state index in [1.807, 2.05) is 4.72 Å². The summed E-state index contributed by atoms with van der Waals surface area (Å²) in [6.45, 7) is 0.00307. The SMILES string of the molecule is CC(N)c1csc(NS(=O)(=O)NCC(F)(F)F)n1. The summed E-state index contributed by atoms with van der Waals surface area (Å²) in [6.07, 6.45) is -4.62. The molecule has 0 aliphatic heterocycles. The van der Waals surface area contributed by atoms with Crippen LogP contribution in [0.3, 0.4) is 0 Å². The summed E-state index contributed by atoms with van der Waals surface area (Å²) in [5.74, 6) is 0. The minimum absolute atomic E-state index is 0.0445. The maximum Gasteiger partial charge on any atom is 0.402 e. The first kappa shape index (κ1) is 15.1. The molecular weight excluding hydrogens is 293 g/mol. The van der Waals surface area contributed by atoms with E-state index >= 15 is 0 Å². The minimum Gasteiger partial charge on any atom is -0.323 e. The van der Waals surface area contributed by atoms with Crippen molar-refractivity contribution in [3.05, 3.63) is 11.1 Å². The Hall–Kier alpha value is -0.910. The number of thiazole rings is 1. The van der Waals surface area contributed by atoms with E-state index in [0.29, 0.717) is 5.69 Å². The smallest absolute Gasteiger partial charge is 0.323 e. The van der Waals surface area contributed by atoms with Crippen LogP contribution in [0, 0.1) is 0 Å². The van der Waals surface area contributed by atoms with E-state index in [-0.39, 0.29) is 11.2 Å². The van der Waals surface area contributed by atoms with Gasteiger partial charge in [0.1, 0.15) is 6.54 Å². The summed E-state index contributed by atoms with van der Waals surface area (Å²) in [7, 11) is -4.29. The molecule has 0 saturated carbocycles. The molecule has 0 amide bonds. The largest absolute Gasteiger partial charge is 0.402 e. The van der Waals surface area contributed by atoms with Gasteiger partial charge in [0.25, 0.3) is 0 Å². The van der Waals surface area contributed by atoms with E-state index in [4.69, 9.17) is 5.73 Å². The molecule has 11 heteroatoms. The molecule has 1 rings (SSSR count). The van der Waals surface area contributed by atoms with Gasteiger partial charge in [-0.2, -0.15) is 26.3 Å². The van der Waals surface area contributed by atoms with E-state index < -0.39 is 22.9 Å². The molecule has 1 heterocycles. The van der Waals surface area contributed by atoms with E-state index in [1.54, 1.807) is 6.92 Å². The van der Waals surface area contributed by atoms with Gasteiger partial charge in [0, 0.05) is 11.4 Å². The molecule has 6 nitrogen and oxygen atoms in total. The second kappa shape index (κ2) is 5.38. The highest BCUT2D eigenvalue weighted by atomic mass is 32.2. The number of nitrogens with zero attached hydrogens (tertiary/aromatic N) is 1. The number of halogens is 3. The van der Waals surface area contributed by atoms with Gasteiger partial charge in [-0.25, -0.2) is 9.71 Å². The van der Waals surface area contributed by atoms with Crippen molar-refractivity contribution < 1.29 is 21.6 Å². The van der Waals surface area contributed by atoms with Crippen molar-refractivity contribution in [2.45, 2.75) is 19.1 Å². The van der Waals surface area contributed by atoms with Crippen LogP contribution in [0.15, 0.2) is 5.38 Å². The monoisotopic (exact) mass is 304 g/mol. The Labute approximate surface area is 106 Å². The normalized spacial score (nSPS) is 14.5. The maximum atomic E-state index is 11.9. The number of hydrogen-bond donors (Lipinski definition) is 3. The summed E-state index contributed by atoms with van der Waals surface area (Å²) >= 11 is 0.935. The summed E-state index contributed by atoms with van der Waals surface area (Å²) in [4.78, 5) is 3.82. The van der Waals surface area contributed by atoms with E-state index in [0.717, 1.165) is 11.3 Å². The van der Waals surface area contributed by atoms with Crippen LogP contribution in [0.2, 0.25) is 0 Å². The highest BCUT2D eigenvalue weighted by molar-refractivity contribution is 7.91. The second-order valence-corrected chi connectivity index (χ2v) is 5.77. The zero-order valence-corrected chi connectivity index (χ0v) is 10.8. The van der Waals surface area contributed by atoms with Gasteiger partial charge in [0.05, 0.1) is 5.69 Å². The summed E-state index contributed by atoms with van der Waals surface area (Å²) in [6, 6.07) is -0.386. The predicted molar refractivity (Wildman–Crippen MR) is 61.3 cm³/mol. The third kappa shape index (κ3) is 5.16. The molecule has 104 valence electrons.